The molecule has 0 fully saturated rings. The van der Waals surface area contributed by atoms with Crippen LogP contribution in [0.4, 0.5) is 0 Å². The summed E-state index contributed by atoms with van der Waals surface area (Å²) in [6.45, 7) is 0. The summed E-state index contributed by atoms with van der Waals surface area (Å²) in [6, 6.07) is 0. The Morgan fingerprint density at radius 2 is 2.18 bits per heavy atom. The minimum Gasteiger partial charge on any atom is -0.463 e. The molecule has 0 aromatic heterocycles. The largest absolute Gasteiger partial charge is 0.463 e. The van der Waals surface area contributed by atoms with Gasteiger partial charge in [-0.3, -0.25) is 0 Å². The van der Waals surface area contributed by atoms with Crippen LogP contribution in [0.5, 0.6) is 0 Å². The Kier molecular flexibility index (Phi) is 3.32. The van der Waals surface area contributed by atoms with Gasteiger partial charge in [-0.1, -0.05) is 0 Å². The van der Waals surface area contributed by atoms with Crippen LogP contribution in [0, 0.1) is 0 Å². The lowest BCUT2D eigenvalue weighted by Gasteiger charge is -1.93. The molecule has 0 atom stereocenters. The molecule has 0 aromatic rings. The van der Waals surface area contributed by atoms with Gasteiger partial charge in [0.25, 0.3) is 5.84 Å². The number of nitrogens with zero attached hydrogens (tertiary/aromatic N) is 3. The van der Waals surface area contributed by atoms with Gasteiger partial charge in [-0.05, 0) is 0 Å². The molecule has 61 valence electrons. The fraction of sp³-hybridized carbons (Fsp3) is 0.250. The number of halogens is 1. The van der Waals surface area contributed by atoms with Crippen molar-refractivity contribution in [1.29, 1.82) is 0 Å². The zero-order chi connectivity index (χ0) is 7.56. The molecule has 1 aliphatic heterocycles. The van der Waals surface area contributed by atoms with Crippen LogP contribution in [0.15, 0.2) is 10.2 Å². The van der Waals surface area contributed by atoms with E-state index in [-0.39, 0.29) is 24.2 Å². The summed E-state index contributed by atoms with van der Waals surface area (Å²) >= 11 is 0. The van der Waals surface area contributed by atoms with E-state index in [0.717, 1.165) is 0 Å². The number of rotatable bonds is 1. The lowest BCUT2D eigenvalue weighted by Crippen LogP contribution is -2.31. The zero-order valence-corrected chi connectivity index (χ0v) is 6.46. The zero-order valence-electron chi connectivity index (χ0n) is 5.64. The minimum atomic E-state index is -0.635. The van der Waals surface area contributed by atoms with E-state index in [1.807, 2.05) is 0 Å². The summed E-state index contributed by atoms with van der Waals surface area (Å²) in [4.78, 5) is 10.6. The fourth-order valence-electron chi connectivity index (χ4n) is 0.430. The molecule has 0 saturated carbocycles. The van der Waals surface area contributed by atoms with E-state index in [4.69, 9.17) is 5.73 Å². The predicted molar refractivity (Wildman–Crippen MR) is 40.5 cm³/mol. The molecule has 1 heterocycles. The number of nitrogens with two attached hydrogens (primary N) is 1. The number of hydrogen-bond acceptors (Lipinski definition) is 5. The predicted octanol–water partition coefficient (Wildman–Crippen LogP) is -1.17. The van der Waals surface area contributed by atoms with Crippen LogP contribution >= 0.6 is 12.4 Å². The average molecular weight is 178 g/mol. The SMILES string of the molecule is COC(=O)C1=NN=C(N)[N]1.Cl. The summed E-state index contributed by atoms with van der Waals surface area (Å²) in [5, 5.41) is 10.1. The van der Waals surface area contributed by atoms with E-state index in [1.54, 1.807) is 0 Å². The fourth-order valence-corrected chi connectivity index (χ4v) is 0.430. The molecule has 2 N–H and O–H groups in total. The third-order valence-corrected chi connectivity index (χ3v) is 0.836. The number of guanidine groups is 1. The van der Waals surface area contributed by atoms with E-state index in [9.17, 15) is 4.79 Å². The first-order valence-electron chi connectivity index (χ1n) is 2.45. The normalized spacial score (nSPS) is 13.9. The van der Waals surface area contributed by atoms with Crippen molar-refractivity contribution in [2.45, 2.75) is 0 Å². The molecule has 0 unspecified atom stereocenters. The minimum absolute atomic E-state index is 0. The Hall–Kier alpha value is -1.30. The summed E-state index contributed by atoms with van der Waals surface area (Å²) in [7, 11) is 1.23. The first-order chi connectivity index (χ1) is 4.74. The van der Waals surface area contributed by atoms with Crippen LogP contribution in [0.1, 0.15) is 0 Å². The van der Waals surface area contributed by atoms with Crippen molar-refractivity contribution in [3.8, 4) is 0 Å². The van der Waals surface area contributed by atoms with Crippen LogP contribution in [-0.4, -0.2) is 24.9 Å². The maximum atomic E-state index is 10.6. The van der Waals surface area contributed by atoms with Crippen molar-refractivity contribution in [3.05, 3.63) is 0 Å². The number of hydrogen-bond donors (Lipinski definition) is 1. The van der Waals surface area contributed by atoms with Gasteiger partial charge in [0.1, 0.15) is 0 Å². The van der Waals surface area contributed by atoms with E-state index >= 15 is 0 Å². The van der Waals surface area contributed by atoms with Crippen LogP contribution < -0.4 is 11.1 Å². The average Bonchev–Trinajstić information content (AvgIpc) is 2.34. The number of carbonyl (C=O) groups excluding carboxylic acids is 1. The van der Waals surface area contributed by atoms with Crippen LogP contribution in [0.25, 0.3) is 0 Å². The Bertz CT molecular complexity index is 224. The highest BCUT2D eigenvalue weighted by atomic mass is 35.5. The molecule has 6 nitrogen and oxygen atoms in total. The lowest BCUT2D eigenvalue weighted by atomic mass is 10.6. The molecular formula is C4H6ClN4O2. The standard InChI is InChI=1S/C4H5N4O2.ClH/c1-10-3(9)2-6-4(5)8-7-2;/h1H3,(H2,5,8);1H. The molecular weight excluding hydrogens is 172 g/mol. The number of amidine groups is 1. The molecule has 0 saturated heterocycles. The molecule has 7 heteroatoms. The maximum Gasteiger partial charge on any atom is 0.378 e. The third kappa shape index (κ3) is 2.08. The highest BCUT2D eigenvalue weighted by Gasteiger charge is 2.18. The van der Waals surface area contributed by atoms with E-state index in [0.29, 0.717) is 0 Å². The molecule has 1 rings (SSSR count). The third-order valence-electron chi connectivity index (χ3n) is 0.836. The van der Waals surface area contributed by atoms with Gasteiger partial charge < -0.3 is 10.5 Å². The number of esters is 1. The maximum absolute atomic E-state index is 10.6. The Balaban J connectivity index is 0.000001000. The van der Waals surface area contributed by atoms with Crippen LogP contribution in [-0.2, 0) is 9.53 Å². The summed E-state index contributed by atoms with van der Waals surface area (Å²) in [5.41, 5.74) is 5.08. The topological polar surface area (TPSA) is 91.1 Å². The van der Waals surface area contributed by atoms with Gasteiger partial charge in [0.05, 0.1) is 7.11 Å². The Morgan fingerprint density at radius 3 is 2.55 bits per heavy atom. The Labute approximate surface area is 68.9 Å². The van der Waals surface area contributed by atoms with Crippen molar-refractivity contribution in [3.63, 3.8) is 0 Å². The summed E-state index contributed by atoms with van der Waals surface area (Å²) < 4.78 is 4.29. The van der Waals surface area contributed by atoms with Gasteiger partial charge in [-0.15, -0.1) is 22.6 Å². The molecule has 0 bridgehead atoms. The van der Waals surface area contributed by atoms with Gasteiger partial charge in [-0.2, -0.15) is 5.32 Å². The van der Waals surface area contributed by atoms with Crippen LogP contribution in [0.2, 0.25) is 0 Å². The number of carbonyl (C=O) groups is 1. The molecule has 1 radical (unpaired) electrons. The van der Waals surface area contributed by atoms with Crippen molar-refractivity contribution in [2.75, 3.05) is 7.11 Å². The quantitative estimate of drug-likeness (QED) is 0.512. The second kappa shape index (κ2) is 3.77. The second-order valence-corrected chi connectivity index (χ2v) is 1.49. The smallest absolute Gasteiger partial charge is 0.378 e. The second-order valence-electron chi connectivity index (χ2n) is 1.49. The molecule has 0 aliphatic carbocycles. The van der Waals surface area contributed by atoms with Crippen molar-refractivity contribution in [2.24, 2.45) is 15.9 Å². The van der Waals surface area contributed by atoms with Gasteiger partial charge in [-0.25, -0.2) is 4.79 Å². The van der Waals surface area contributed by atoms with E-state index < -0.39 is 5.97 Å². The molecule has 0 spiro atoms. The lowest BCUT2D eigenvalue weighted by molar-refractivity contribution is -0.132. The highest BCUT2D eigenvalue weighted by molar-refractivity contribution is 6.39. The molecule has 0 aromatic carbocycles. The van der Waals surface area contributed by atoms with Crippen molar-refractivity contribution < 1.29 is 9.53 Å². The first-order valence-corrected chi connectivity index (χ1v) is 2.45. The highest BCUT2D eigenvalue weighted by Crippen LogP contribution is 1.89. The Morgan fingerprint density at radius 1 is 1.55 bits per heavy atom. The number of ether oxygens (including phenoxy) is 1. The van der Waals surface area contributed by atoms with Gasteiger partial charge in [0.15, 0.2) is 0 Å². The van der Waals surface area contributed by atoms with Crippen LogP contribution in [0.3, 0.4) is 0 Å². The summed E-state index contributed by atoms with van der Waals surface area (Å²) in [5.74, 6) is -0.774. The van der Waals surface area contributed by atoms with Crippen molar-refractivity contribution in [1.82, 2.24) is 5.32 Å². The van der Waals surface area contributed by atoms with Gasteiger partial charge in [0.2, 0.25) is 5.96 Å². The monoisotopic (exact) mass is 177 g/mol. The summed E-state index contributed by atoms with van der Waals surface area (Å²) in [6.07, 6.45) is 0. The first kappa shape index (κ1) is 9.70. The van der Waals surface area contributed by atoms with Crippen molar-refractivity contribution >= 4 is 30.2 Å². The molecule has 1 aliphatic rings. The van der Waals surface area contributed by atoms with Gasteiger partial charge in [0, 0.05) is 0 Å². The molecule has 0 amide bonds. The molecule has 11 heavy (non-hydrogen) atoms. The van der Waals surface area contributed by atoms with E-state index in [1.165, 1.54) is 7.11 Å². The van der Waals surface area contributed by atoms with Gasteiger partial charge >= 0.3 is 5.97 Å². The number of methoxy groups -OCH3 is 1. The van der Waals surface area contributed by atoms with E-state index in [2.05, 4.69) is 20.3 Å².